The van der Waals surface area contributed by atoms with Gasteiger partial charge >= 0.3 is 6.01 Å². The van der Waals surface area contributed by atoms with Crippen molar-refractivity contribution in [3.05, 3.63) is 47.4 Å². The summed E-state index contributed by atoms with van der Waals surface area (Å²) >= 11 is 0. The lowest BCUT2D eigenvalue weighted by Crippen LogP contribution is -2.54. The number of imidazole rings is 1. The van der Waals surface area contributed by atoms with E-state index in [2.05, 4.69) is 49.4 Å². The highest BCUT2D eigenvalue weighted by molar-refractivity contribution is 6.13. The van der Waals surface area contributed by atoms with Crippen LogP contribution >= 0.6 is 0 Å². The second-order valence-electron chi connectivity index (χ2n) is 9.58. The third kappa shape index (κ3) is 5.18. The molecule has 1 saturated heterocycles. The number of anilines is 2. The molecule has 4 heterocycles. The average molecular weight is 505 g/mol. The van der Waals surface area contributed by atoms with Crippen molar-refractivity contribution < 1.29 is 14.3 Å². The number of ether oxygens (including phenoxy) is 2. The second kappa shape index (κ2) is 10.3. The van der Waals surface area contributed by atoms with Crippen LogP contribution in [0.15, 0.2) is 30.6 Å². The Balaban J connectivity index is 1.53. The number of carbonyl (C=O) groups excluding carboxylic acids is 1. The lowest BCUT2D eigenvalue weighted by atomic mass is 10.0. The van der Waals surface area contributed by atoms with E-state index in [0.717, 1.165) is 41.1 Å². The first kappa shape index (κ1) is 24.8. The van der Waals surface area contributed by atoms with E-state index in [1.54, 1.807) is 17.8 Å². The summed E-state index contributed by atoms with van der Waals surface area (Å²) < 4.78 is 12.4. The fourth-order valence-electron chi connectivity index (χ4n) is 4.85. The molecule has 3 aromatic heterocycles. The number of rotatable bonds is 7. The molecule has 11 nitrogen and oxygen atoms in total. The molecule has 1 amide bonds. The van der Waals surface area contributed by atoms with Crippen LogP contribution in [0.1, 0.15) is 35.5 Å². The van der Waals surface area contributed by atoms with E-state index in [1.807, 2.05) is 38.2 Å². The Labute approximate surface area is 215 Å². The van der Waals surface area contributed by atoms with Gasteiger partial charge in [-0.2, -0.15) is 4.98 Å². The SMILES string of the molecule is COCCOc1ncc2c(N3C[C@@H](C)N[C@H](C)C3)ccc(C(=O)Nc3cc(C)c4nc(C)cn4n3)c2n1. The molecule has 2 N–H and O–H groups in total. The maximum Gasteiger partial charge on any atom is 0.317 e. The van der Waals surface area contributed by atoms with Gasteiger partial charge in [-0.3, -0.25) is 4.79 Å². The van der Waals surface area contributed by atoms with Crippen molar-refractivity contribution >= 4 is 34.0 Å². The summed E-state index contributed by atoms with van der Waals surface area (Å²) in [5.74, 6) is 0.114. The summed E-state index contributed by atoms with van der Waals surface area (Å²) in [6, 6.07) is 6.45. The number of aromatic nitrogens is 5. The molecule has 0 radical (unpaired) electrons. The zero-order valence-corrected chi connectivity index (χ0v) is 21.8. The smallest absolute Gasteiger partial charge is 0.317 e. The minimum atomic E-state index is -0.316. The lowest BCUT2D eigenvalue weighted by Gasteiger charge is -2.38. The highest BCUT2D eigenvalue weighted by atomic mass is 16.5. The molecule has 1 aliphatic heterocycles. The predicted molar refractivity (Wildman–Crippen MR) is 142 cm³/mol. The fourth-order valence-corrected chi connectivity index (χ4v) is 4.85. The topological polar surface area (TPSA) is 119 Å². The van der Waals surface area contributed by atoms with Gasteiger partial charge in [0.1, 0.15) is 6.61 Å². The minimum Gasteiger partial charge on any atom is -0.461 e. The molecule has 37 heavy (non-hydrogen) atoms. The van der Waals surface area contributed by atoms with Gasteiger partial charge in [0.25, 0.3) is 5.91 Å². The second-order valence-corrected chi connectivity index (χ2v) is 9.58. The Kier molecular flexibility index (Phi) is 6.90. The molecule has 1 aromatic carbocycles. The van der Waals surface area contributed by atoms with Gasteiger partial charge in [0, 0.05) is 49.6 Å². The lowest BCUT2D eigenvalue weighted by molar-refractivity contribution is 0.102. The van der Waals surface area contributed by atoms with E-state index in [-0.39, 0.29) is 11.9 Å². The van der Waals surface area contributed by atoms with E-state index < -0.39 is 0 Å². The minimum absolute atomic E-state index is 0.196. The maximum absolute atomic E-state index is 13.5. The number of piperazine rings is 1. The molecule has 5 rings (SSSR count). The number of amides is 1. The first-order chi connectivity index (χ1) is 17.8. The summed E-state index contributed by atoms with van der Waals surface area (Å²) in [5.41, 5.74) is 4.45. The van der Waals surface area contributed by atoms with Crippen molar-refractivity contribution in [3.8, 4) is 6.01 Å². The van der Waals surface area contributed by atoms with Gasteiger partial charge in [0.2, 0.25) is 0 Å². The van der Waals surface area contributed by atoms with Gasteiger partial charge in [0.05, 0.1) is 29.6 Å². The number of hydrogen-bond donors (Lipinski definition) is 2. The van der Waals surface area contributed by atoms with Crippen LogP contribution in [0.25, 0.3) is 16.6 Å². The van der Waals surface area contributed by atoms with Gasteiger partial charge < -0.3 is 25.0 Å². The number of carbonyl (C=O) groups is 1. The maximum atomic E-state index is 13.5. The van der Waals surface area contributed by atoms with Crippen LogP contribution in [0.5, 0.6) is 6.01 Å². The molecule has 2 atom stereocenters. The predicted octanol–water partition coefficient (Wildman–Crippen LogP) is 2.75. The number of benzene rings is 1. The molecule has 0 aliphatic carbocycles. The molecular weight excluding hydrogens is 472 g/mol. The normalized spacial score (nSPS) is 17.9. The molecule has 0 bridgehead atoms. The van der Waals surface area contributed by atoms with Crippen molar-refractivity contribution in [3.63, 3.8) is 0 Å². The van der Waals surface area contributed by atoms with Gasteiger partial charge in [-0.05, 0) is 51.5 Å². The molecule has 0 unspecified atom stereocenters. The van der Waals surface area contributed by atoms with Crippen LogP contribution in [0.2, 0.25) is 0 Å². The monoisotopic (exact) mass is 504 g/mol. The Morgan fingerprint density at radius 1 is 1.16 bits per heavy atom. The third-order valence-electron chi connectivity index (χ3n) is 6.34. The van der Waals surface area contributed by atoms with Crippen LogP contribution in [-0.2, 0) is 4.74 Å². The molecular formula is C26H32N8O3. The highest BCUT2D eigenvalue weighted by Crippen LogP contribution is 2.31. The molecule has 1 aliphatic rings. The zero-order valence-electron chi connectivity index (χ0n) is 21.8. The van der Waals surface area contributed by atoms with E-state index in [4.69, 9.17) is 9.47 Å². The first-order valence-electron chi connectivity index (χ1n) is 12.4. The average Bonchev–Trinajstić information content (AvgIpc) is 3.23. The van der Waals surface area contributed by atoms with Crippen LogP contribution in [0.3, 0.4) is 0 Å². The number of hydrogen-bond acceptors (Lipinski definition) is 9. The van der Waals surface area contributed by atoms with Crippen molar-refractivity contribution in [2.24, 2.45) is 0 Å². The van der Waals surface area contributed by atoms with Crippen LogP contribution in [0.4, 0.5) is 11.5 Å². The summed E-state index contributed by atoms with van der Waals surface area (Å²) in [4.78, 5) is 29.4. The Bertz CT molecular complexity index is 1440. The summed E-state index contributed by atoms with van der Waals surface area (Å²) in [5, 5.41) is 11.8. The number of nitrogens with zero attached hydrogens (tertiary/aromatic N) is 6. The largest absolute Gasteiger partial charge is 0.461 e. The molecule has 0 spiro atoms. The first-order valence-corrected chi connectivity index (χ1v) is 12.4. The molecule has 1 fully saturated rings. The summed E-state index contributed by atoms with van der Waals surface area (Å²) in [6.07, 6.45) is 3.56. The van der Waals surface area contributed by atoms with Crippen molar-refractivity contribution in [1.29, 1.82) is 0 Å². The van der Waals surface area contributed by atoms with Crippen molar-refractivity contribution in [2.75, 3.05) is 43.6 Å². The standard InChI is InChI=1S/C26H32N8O3/c1-15-10-22(32-34-14-18(4)29-24(15)34)30-25(35)19-6-7-21(33-12-16(2)28-17(3)13-33)20-11-27-26(31-23(19)20)37-9-8-36-5/h6-7,10-11,14,16-17,28H,8-9,12-13H2,1-5H3,(H,30,32,35)/t16-,17-/m1/s1. The van der Waals surface area contributed by atoms with Gasteiger partial charge in [-0.25, -0.2) is 14.5 Å². The van der Waals surface area contributed by atoms with E-state index >= 15 is 0 Å². The Hall–Kier alpha value is -3.83. The third-order valence-corrected chi connectivity index (χ3v) is 6.34. The van der Waals surface area contributed by atoms with E-state index in [9.17, 15) is 4.79 Å². The number of nitrogens with one attached hydrogen (secondary N) is 2. The molecule has 194 valence electrons. The quantitative estimate of drug-likeness (QED) is 0.366. The van der Waals surface area contributed by atoms with E-state index in [1.165, 1.54) is 0 Å². The number of methoxy groups -OCH3 is 1. The summed E-state index contributed by atoms with van der Waals surface area (Å²) in [6.45, 7) is 10.6. The van der Waals surface area contributed by atoms with Gasteiger partial charge in [-0.1, -0.05) is 0 Å². The highest BCUT2D eigenvalue weighted by Gasteiger charge is 2.25. The van der Waals surface area contributed by atoms with Gasteiger partial charge in [0.15, 0.2) is 11.5 Å². The number of fused-ring (bicyclic) bond motifs is 2. The van der Waals surface area contributed by atoms with Crippen molar-refractivity contribution in [1.82, 2.24) is 29.9 Å². The summed E-state index contributed by atoms with van der Waals surface area (Å²) in [7, 11) is 1.60. The van der Waals surface area contributed by atoms with Crippen LogP contribution < -0.4 is 20.3 Å². The Morgan fingerprint density at radius 2 is 1.95 bits per heavy atom. The van der Waals surface area contributed by atoms with Crippen molar-refractivity contribution in [2.45, 2.75) is 39.8 Å². The van der Waals surface area contributed by atoms with Crippen LogP contribution in [0, 0.1) is 13.8 Å². The van der Waals surface area contributed by atoms with Crippen LogP contribution in [-0.4, -0.2) is 76.0 Å². The van der Waals surface area contributed by atoms with E-state index in [0.29, 0.717) is 42.2 Å². The molecule has 11 heteroatoms. The zero-order chi connectivity index (χ0) is 26.1. The molecule has 0 saturated carbocycles. The Morgan fingerprint density at radius 3 is 2.70 bits per heavy atom. The molecule has 4 aromatic rings. The fraction of sp³-hybridized carbons (Fsp3) is 0.423. The van der Waals surface area contributed by atoms with Gasteiger partial charge in [-0.15, -0.1) is 5.10 Å². The number of aryl methyl sites for hydroxylation is 2.